The third-order valence-corrected chi connectivity index (χ3v) is 1.28. The van der Waals surface area contributed by atoms with E-state index in [0.717, 1.165) is 12.1 Å². The summed E-state index contributed by atoms with van der Waals surface area (Å²) in [5.41, 5.74) is -0.672. The predicted molar refractivity (Wildman–Crippen MR) is 35.8 cm³/mol. The van der Waals surface area contributed by atoms with Crippen molar-refractivity contribution in [2.45, 2.75) is 6.18 Å². The smallest absolute Gasteiger partial charge is 0.207 e. The highest BCUT2D eigenvalue weighted by molar-refractivity contribution is 5.26. The van der Waals surface area contributed by atoms with Crippen LogP contribution in [0.25, 0.3) is 0 Å². The summed E-state index contributed by atoms with van der Waals surface area (Å²) in [5.74, 6) is -2.13. The molecule has 0 amide bonds. The lowest BCUT2D eigenvalue weighted by atomic mass is 10.1. The van der Waals surface area contributed by atoms with Crippen LogP contribution in [0.1, 0.15) is 5.56 Å². The zero-order valence-electron chi connectivity index (χ0n) is 6.20. The van der Waals surface area contributed by atoms with Gasteiger partial charge in [0.05, 0.1) is 6.42 Å². The molecule has 1 aromatic carbocycles. The average Bonchev–Trinajstić information content (AvgIpc) is 1.93. The minimum Gasteiger partial charge on any atom is -0.207 e. The van der Waals surface area contributed by atoms with Crippen molar-refractivity contribution in [2.75, 3.05) is 0 Å². The SMILES string of the molecule is Fc1ccc([CH]C(F)(F)F)c(F)c1. The molecule has 1 radical (unpaired) electrons. The van der Waals surface area contributed by atoms with E-state index in [1.807, 2.05) is 0 Å². The van der Waals surface area contributed by atoms with E-state index in [4.69, 9.17) is 0 Å². The van der Waals surface area contributed by atoms with Crippen LogP contribution in [-0.4, -0.2) is 6.18 Å². The van der Waals surface area contributed by atoms with Gasteiger partial charge in [-0.1, -0.05) is 6.07 Å². The molecule has 0 aliphatic rings. The van der Waals surface area contributed by atoms with Gasteiger partial charge < -0.3 is 0 Å². The molecule has 0 bridgehead atoms. The molecule has 0 saturated carbocycles. The second-order valence-corrected chi connectivity index (χ2v) is 2.35. The Morgan fingerprint density at radius 3 is 2.15 bits per heavy atom. The molecule has 71 valence electrons. The Balaban J connectivity index is 2.90. The molecule has 0 aliphatic heterocycles. The lowest BCUT2D eigenvalue weighted by Crippen LogP contribution is -2.10. The molecule has 0 heterocycles. The maximum absolute atomic E-state index is 12.6. The lowest BCUT2D eigenvalue weighted by Gasteiger charge is -2.06. The third kappa shape index (κ3) is 3.01. The molecule has 0 spiro atoms. The first-order valence-electron chi connectivity index (χ1n) is 3.26. The predicted octanol–water partition coefficient (Wildman–Crippen LogP) is 3.08. The fourth-order valence-corrected chi connectivity index (χ4v) is 0.795. The number of halogens is 5. The van der Waals surface area contributed by atoms with E-state index in [2.05, 4.69) is 0 Å². The molecule has 0 atom stereocenters. The Morgan fingerprint density at radius 1 is 1.08 bits per heavy atom. The highest BCUT2D eigenvalue weighted by Crippen LogP contribution is 2.25. The Kier molecular flexibility index (Phi) is 2.54. The summed E-state index contributed by atoms with van der Waals surface area (Å²) >= 11 is 0. The molecule has 13 heavy (non-hydrogen) atoms. The zero-order valence-corrected chi connectivity index (χ0v) is 6.20. The van der Waals surface area contributed by atoms with E-state index in [1.54, 1.807) is 0 Å². The van der Waals surface area contributed by atoms with Gasteiger partial charge in [-0.15, -0.1) is 0 Å². The molecule has 0 unspecified atom stereocenters. The standard InChI is InChI=1S/C8H4F5/c9-6-2-1-5(7(10)3-6)4-8(11,12)13/h1-4H. The van der Waals surface area contributed by atoms with Gasteiger partial charge in [-0.2, -0.15) is 13.2 Å². The van der Waals surface area contributed by atoms with Gasteiger partial charge in [0.25, 0.3) is 0 Å². The Bertz CT molecular complexity index is 302. The Morgan fingerprint density at radius 2 is 1.69 bits per heavy atom. The van der Waals surface area contributed by atoms with Crippen molar-refractivity contribution in [3.05, 3.63) is 41.8 Å². The molecular formula is C8H4F5. The largest absolute Gasteiger partial charge is 0.396 e. The van der Waals surface area contributed by atoms with Crippen LogP contribution in [0, 0.1) is 18.1 Å². The van der Waals surface area contributed by atoms with Crippen molar-refractivity contribution in [2.24, 2.45) is 0 Å². The number of alkyl halides is 3. The summed E-state index contributed by atoms with van der Waals surface area (Å²) in [4.78, 5) is 0. The first-order chi connectivity index (χ1) is 5.88. The molecule has 0 nitrogen and oxygen atoms in total. The van der Waals surface area contributed by atoms with E-state index in [-0.39, 0.29) is 6.42 Å². The van der Waals surface area contributed by atoms with Gasteiger partial charge in [0.15, 0.2) is 0 Å². The second-order valence-electron chi connectivity index (χ2n) is 2.35. The fraction of sp³-hybridized carbons (Fsp3) is 0.125. The van der Waals surface area contributed by atoms with Crippen molar-refractivity contribution in [1.82, 2.24) is 0 Å². The van der Waals surface area contributed by atoms with E-state index in [0.29, 0.717) is 6.07 Å². The number of benzene rings is 1. The number of hydrogen-bond donors (Lipinski definition) is 0. The van der Waals surface area contributed by atoms with Gasteiger partial charge in [-0.05, 0) is 6.07 Å². The van der Waals surface area contributed by atoms with Gasteiger partial charge in [0.1, 0.15) is 11.6 Å². The highest BCUT2D eigenvalue weighted by atomic mass is 19.4. The molecule has 0 aliphatic carbocycles. The minimum atomic E-state index is -4.60. The molecule has 1 aromatic rings. The van der Waals surface area contributed by atoms with Crippen LogP contribution >= 0.6 is 0 Å². The topological polar surface area (TPSA) is 0 Å². The molecular weight excluding hydrogens is 191 g/mol. The van der Waals surface area contributed by atoms with Gasteiger partial charge >= 0.3 is 6.18 Å². The van der Waals surface area contributed by atoms with E-state index >= 15 is 0 Å². The molecule has 5 heteroatoms. The normalized spacial score (nSPS) is 11.8. The zero-order chi connectivity index (χ0) is 10.1. The maximum Gasteiger partial charge on any atom is 0.396 e. The first kappa shape index (κ1) is 9.95. The quantitative estimate of drug-likeness (QED) is 0.604. The van der Waals surface area contributed by atoms with Gasteiger partial charge in [-0.3, -0.25) is 0 Å². The summed E-state index contributed by atoms with van der Waals surface area (Å²) in [6.45, 7) is 0. The number of hydrogen-bond acceptors (Lipinski definition) is 0. The third-order valence-electron chi connectivity index (χ3n) is 1.28. The minimum absolute atomic E-state index is 0.220. The number of rotatable bonds is 1. The van der Waals surface area contributed by atoms with Crippen LogP contribution in [0.2, 0.25) is 0 Å². The van der Waals surface area contributed by atoms with Crippen molar-refractivity contribution in [3.8, 4) is 0 Å². The molecule has 0 N–H and O–H groups in total. The summed E-state index contributed by atoms with van der Waals surface area (Å²) in [6.07, 6.45) is -4.82. The van der Waals surface area contributed by atoms with Crippen LogP contribution < -0.4 is 0 Å². The molecule has 0 aromatic heterocycles. The van der Waals surface area contributed by atoms with E-state index in [9.17, 15) is 22.0 Å². The maximum atomic E-state index is 12.6. The fourth-order valence-electron chi connectivity index (χ4n) is 0.795. The van der Waals surface area contributed by atoms with Crippen LogP contribution in [0.15, 0.2) is 18.2 Å². The highest BCUT2D eigenvalue weighted by Gasteiger charge is 2.29. The van der Waals surface area contributed by atoms with Gasteiger partial charge in [-0.25, -0.2) is 8.78 Å². The van der Waals surface area contributed by atoms with Crippen LogP contribution in [-0.2, 0) is 0 Å². The lowest BCUT2D eigenvalue weighted by molar-refractivity contribution is -0.0931. The van der Waals surface area contributed by atoms with Gasteiger partial charge in [0, 0.05) is 11.6 Å². The van der Waals surface area contributed by atoms with E-state index < -0.39 is 23.4 Å². The summed E-state index contributed by atoms with van der Waals surface area (Å²) in [7, 11) is 0. The summed E-state index contributed by atoms with van der Waals surface area (Å²) in [6, 6.07) is 1.90. The average molecular weight is 195 g/mol. The van der Waals surface area contributed by atoms with E-state index in [1.165, 1.54) is 0 Å². The Hall–Kier alpha value is -1.13. The van der Waals surface area contributed by atoms with Crippen LogP contribution in [0.3, 0.4) is 0 Å². The van der Waals surface area contributed by atoms with Crippen molar-refractivity contribution >= 4 is 0 Å². The molecule has 0 saturated heterocycles. The van der Waals surface area contributed by atoms with Crippen molar-refractivity contribution in [3.63, 3.8) is 0 Å². The van der Waals surface area contributed by atoms with Gasteiger partial charge in [0.2, 0.25) is 0 Å². The summed E-state index contributed by atoms with van der Waals surface area (Å²) in [5, 5.41) is 0. The monoisotopic (exact) mass is 195 g/mol. The molecule has 0 fully saturated rings. The molecule has 1 rings (SSSR count). The van der Waals surface area contributed by atoms with Crippen molar-refractivity contribution in [1.29, 1.82) is 0 Å². The van der Waals surface area contributed by atoms with Crippen molar-refractivity contribution < 1.29 is 22.0 Å². The first-order valence-corrected chi connectivity index (χ1v) is 3.26. The second kappa shape index (κ2) is 3.32. The van der Waals surface area contributed by atoms with Crippen LogP contribution in [0.4, 0.5) is 22.0 Å². The van der Waals surface area contributed by atoms with Crippen LogP contribution in [0.5, 0.6) is 0 Å². The summed E-state index contributed by atoms with van der Waals surface area (Å²) < 4.78 is 60.0. The Labute approximate surface area is 71.0 Å².